The number of likely N-dealkylation sites (N-methyl/N-ethyl adjacent to an activating group) is 1. The first-order valence-electron chi connectivity index (χ1n) is 24.3. The van der Waals surface area contributed by atoms with Crippen LogP contribution in [0.25, 0.3) is 0 Å². The summed E-state index contributed by atoms with van der Waals surface area (Å²) >= 11 is 0. The summed E-state index contributed by atoms with van der Waals surface area (Å²) in [5.41, 5.74) is 0. The lowest BCUT2D eigenvalue weighted by molar-refractivity contribution is -0.870. The van der Waals surface area contributed by atoms with Crippen LogP contribution in [0.3, 0.4) is 0 Å². The van der Waals surface area contributed by atoms with Gasteiger partial charge >= 0.3 is 11.9 Å². The lowest BCUT2D eigenvalue weighted by Crippen LogP contribution is -2.37. The van der Waals surface area contributed by atoms with E-state index < -0.39 is 26.5 Å². The minimum Gasteiger partial charge on any atom is -0.756 e. The fourth-order valence-corrected chi connectivity index (χ4v) is 7.32. The first kappa shape index (κ1) is 58.0. The molecular weight excluding hydrogens is 774 g/mol. The zero-order valence-corrected chi connectivity index (χ0v) is 40.3. The van der Waals surface area contributed by atoms with Crippen LogP contribution >= 0.6 is 7.82 Å². The smallest absolute Gasteiger partial charge is 0.306 e. The third kappa shape index (κ3) is 45.5. The van der Waals surface area contributed by atoms with E-state index in [-0.39, 0.29) is 32.0 Å². The van der Waals surface area contributed by atoms with Gasteiger partial charge in [-0.25, -0.2) is 0 Å². The highest BCUT2D eigenvalue weighted by molar-refractivity contribution is 7.45. The molecule has 0 saturated carbocycles. The summed E-state index contributed by atoms with van der Waals surface area (Å²) in [7, 11) is 1.17. The van der Waals surface area contributed by atoms with Crippen molar-refractivity contribution in [1.82, 2.24) is 0 Å². The van der Waals surface area contributed by atoms with E-state index in [1.54, 1.807) is 0 Å². The zero-order chi connectivity index (χ0) is 44.3. The third-order valence-corrected chi connectivity index (χ3v) is 11.3. The van der Waals surface area contributed by atoms with Crippen molar-refractivity contribution in [3.63, 3.8) is 0 Å². The van der Waals surface area contributed by atoms with Crippen molar-refractivity contribution in [2.75, 3.05) is 47.5 Å². The van der Waals surface area contributed by atoms with Gasteiger partial charge in [-0.3, -0.25) is 14.2 Å². The van der Waals surface area contributed by atoms with Gasteiger partial charge in [-0.05, 0) is 51.4 Å². The summed E-state index contributed by atoms with van der Waals surface area (Å²) in [4.78, 5) is 37.4. The Balaban J connectivity index is 4.01. The summed E-state index contributed by atoms with van der Waals surface area (Å²) in [6.07, 6.45) is 50.4. The number of ether oxygens (including phenoxy) is 2. The number of hydrogen-bond acceptors (Lipinski definition) is 8. The fourth-order valence-electron chi connectivity index (χ4n) is 6.59. The van der Waals surface area contributed by atoms with Crippen LogP contribution in [0, 0.1) is 0 Å². The molecule has 0 N–H and O–H groups in total. The molecule has 0 aromatic rings. The number of unbranched alkanes of at least 4 members (excludes halogenated alkanes) is 22. The predicted octanol–water partition coefficient (Wildman–Crippen LogP) is 13.6. The van der Waals surface area contributed by atoms with Gasteiger partial charge in [-0.1, -0.05) is 191 Å². The number of allylic oxidation sites excluding steroid dienone is 8. The summed E-state index contributed by atoms with van der Waals surface area (Å²) in [6.45, 7) is 4.07. The number of carbonyl (C=O) groups excluding carboxylic acids is 2. The Kier molecular flexibility index (Phi) is 40.8. The molecule has 0 aliphatic carbocycles. The Bertz CT molecular complexity index is 1160. The molecular formula is C50H92NO8P. The Labute approximate surface area is 369 Å². The van der Waals surface area contributed by atoms with Crippen LogP contribution in [0.2, 0.25) is 0 Å². The first-order valence-corrected chi connectivity index (χ1v) is 25.8. The van der Waals surface area contributed by atoms with Gasteiger partial charge < -0.3 is 27.9 Å². The third-order valence-electron chi connectivity index (χ3n) is 10.4. The molecule has 0 aliphatic rings. The molecule has 0 aliphatic heterocycles. The second-order valence-corrected chi connectivity index (χ2v) is 18.9. The summed E-state index contributed by atoms with van der Waals surface area (Å²) in [5.74, 6) is -0.837. The van der Waals surface area contributed by atoms with Crippen LogP contribution in [0.1, 0.15) is 206 Å². The second kappa shape index (κ2) is 42.3. The molecule has 10 heteroatoms. The molecule has 2 atom stereocenters. The molecule has 0 saturated heterocycles. The minimum atomic E-state index is -4.62. The highest BCUT2D eigenvalue weighted by atomic mass is 31.2. The Hall–Kier alpha value is -2.03. The first-order chi connectivity index (χ1) is 29.0. The van der Waals surface area contributed by atoms with Gasteiger partial charge in [0.05, 0.1) is 27.7 Å². The summed E-state index contributed by atoms with van der Waals surface area (Å²) < 4.78 is 33.8. The molecule has 350 valence electrons. The Morgan fingerprint density at radius 2 is 0.950 bits per heavy atom. The van der Waals surface area contributed by atoms with E-state index in [0.29, 0.717) is 17.4 Å². The van der Waals surface area contributed by atoms with E-state index in [1.165, 1.54) is 109 Å². The Morgan fingerprint density at radius 3 is 1.42 bits per heavy atom. The Morgan fingerprint density at radius 1 is 0.533 bits per heavy atom. The van der Waals surface area contributed by atoms with Gasteiger partial charge in [0.1, 0.15) is 19.8 Å². The number of esters is 2. The van der Waals surface area contributed by atoms with Crippen LogP contribution in [-0.2, 0) is 32.7 Å². The normalized spacial score (nSPS) is 13.9. The van der Waals surface area contributed by atoms with Gasteiger partial charge in [-0.15, -0.1) is 0 Å². The number of hydrogen-bond donors (Lipinski definition) is 0. The molecule has 0 aromatic carbocycles. The van der Waals surface area contributed by atoms with Crippen LogP contribution < -0.4 is 4.89 Å². The van der Waals surface area contributed by atoms with E-state index in [4.69, 9.17) is 18.5 Å². The van der Waals surface area contributed by atoms with Crippen LogP contribution in [0.15, 0.2) is 48.6 Å². The number of phosphoric acid groups is 1. The maximum Gasteiger partial charge on any atom is 0.306 e. The van der Waals surface area contributed by atoms with E-state index >= 15 is 0 Å². The largest absolute Gasteiger partial charge is 0.756 e. The highest BCUT2D eigenvalue weighted by Crippen LogP contribution is 2.38. The van der Waals surface area contributed by atoms with Crippen molar-refractivity contribution in [3.05, 3.63) is 48.6 Å². The van der Waals surface area contributed by atoms with Gasteiger partial charge in [0.25, 0.3) is 7.82 Å². The average molecular weight is 866 g/mol. The molecule has 0 rings (SSSR count). The fraction of sp³-hybridized carbons (Fsp3) is 0.800. The molecule has 2 unspecified atom stereocenters. The molecule has 0 fully saturated rings. The van der Waals surface area contributed by atoms with Gasteiger partial charge in [0.2, 0.25) is 0 Å². The second-order valence-electron chi connectivity index (χ2n) is 17.5. The molecule has 0 aromatic heterocycles. The van der Waals surface area contributed by atoms with Crippen molar-refractivity contribution in [3.8, 4) is 0 Å². The lowest BCUT2D eigenvalue weighted by Gasteiger charge is -2.28. The van der Waals surface area contributed by atoms with E-state index in [2.05, 4.69) is 62.5 Å². The van der Waals surface area contributed by atoms with Crippen molar-refractivity contribution in [2.45, 2.75) is 213 Å². The average Bonchev–Trinajstić information content (AvgIpc) is 3.20. The number of rotatable bonds is 44. The van der Waals surface area contributed by atoms with E-state index in [9.17, 15) is 19.0 Å². The van der Waals surface area contributed by atoms with Crippen LogP contribution in [0.5, 0.6) is 0 Å². The van der Waals surface area contributed by atoms with Crippen molar-refractivity contribution in [1.29, 1.82) is 0 Å². The van der Waals surface area contributed by atoms with Crippen molar-refractivity contribution < 1.29 is 42.1 Å². The molecule has 9 nitrogen and oxygen atoms in total. The van der Waals surface area contributed by atoms with E-state index in [1.807, 2.05) is 21.1 Å². The number of phosphoric ester groups is 1. The van der Waals surface area contributed by atoms with Crippen molar-refractivity contribution >= 4 is 19.8 Å². The van der Waals surface area contributed by atoms with Gasteiger partial charge in [-0.2, -0.15) is 0 Å². The maximum atomic E-state index is 12.7. The zero-order valence-electron chi connectivity index (χ0n) is 39.4. The van der Waals surface area contributed by atoms with Crippen LogP contribution in [-0.4, -0.2) is 70.0 Å². The quantitative estimate of drug-likeness (QED) is 0.0196. The number of carbonyl (C=O) groups is 2. The topological polar surface area (TPSA) is 111 Å². The summed E-state index contributed by atoms with van der Waals surface area (Å²) in [5, 5.41) is 0. The van der Waals surface area contributed by atoms with Gasteiger partial charge in [0, 0.05) is 12.8 Å². The van der Waals surface area contributed by atoms with Crippen molar-refractivity contribution in [2.24, 2.45) is 0 Å². The lowest BCUT2D eigenvalue weighted by atomic mass is 10.0. The van der Waals surface area contributed by atoms with Gasteiger partial charge in [0.15, 0.2) is 6.10 Å². The molecule has 0 amide bonds. The molecule has 0 spiro atoms. The number of nitrogens with zero attached hydrogens (tertiary/aromatic N) is 1. The van der Waals surface area contributed by atoms with E-state index in [0.717, 1.165) is 64.2 Å². The monoisotopic (exact) mass is 866 g/mol. The standard InChI is InChI=1S/C50H92NO8P/c1-6-8-10-12-14-15-16-17-18-19-20-21-22-23-24-25-26-27-28-29-30-31-32-33-34-35-37-39-41-43-50(53)59-48(47-58-60(54,55)57-45-44-51(3,4)5)46-56-49(52)42-40-38-36-13-11-9-7-2/h8,10,14-15,17-18,20-21,48H,6-7,9,11-13,16,19,22-47H2,1-5H3/b10-8-,15-14-,18-17-,21-20-. The molecule has 0 radical (unpaired) electrons. The molecule has 0 heterocycles. The molecule has 0 bridgehead atoms. The minimum absolute atomic E-state index is 0.0300. The maximum absolute atomic E-state index is 12.7. The summed E-state index contributed by atoms with van der Waals surface area (Å²) in [6, 6.07) is 0. The predicted molar refractivity (Wildman–Crippen MR) is 250 cm³/mol. The SMILES string of the molecule is CC/C=C\C/C=C\C/C=C\C/C=C\CCCCCCCCCCCCCCCCCCC(=O)OC(COC(=O)CCCCCCCCC)COP(=O)([O-])OCC[N+](C)(C)C. The van der Waals surface area contributed by atoms with Crippen LogP contribution in [0.4, 0.5) is 0 Å². The molecule has 60 heavy (non-hydrogen) atoms. The number of quaternary nitrogens is 1. The highest BCUT2D eigenvalue weighted by Gasteiger charge is 2.21.